The fraction of sp³-hybridized carbons (Fsp3) is 0.333. The van der Waals surface area contributed by atoms with E-state index < -0.39 is 6.04 Å². The lowest BCUT2D eigenvalue weighted by Gasteiger charge is -2.22. The predicted molar refractivity (Wildman–Crippen MR) is 65.8 cm³/mol. The number of halogens is 1. The van der Waals surface area contributed by atoms with Crippen LogP contribution in [0.1, 0.15) is 34.1 Å². The van der Waals surface area contributed by atoms with Crippen molar-refractivity contribution in [2.45, 2.75) is 19.4 Å². The molecule has 5 heteroatoms. The van der Waals surface area contributed by atoms with Crippen molar-refractivity contribution in [1.29, 1.82) is 0 Å². The van der Waals surface area contributed by atoms with Crippen LogP contribution in [0.5, 0.6) is 0 Å². The van der Waals surface area contributed by atoms with Crippen LogP contribution in [0.3, 0.4) is 0 Å². The summed E-state index contributed by atoms with van der Waals surface area (Å²) in [5.41, 5.74) is 0.807. The molecule has 17 heavy (non-hydrogen) atoms. The zero-order valence-corrected chi connectivity index (χ0v) is 10.9. The van der Waals surface area contributed by atoms with Gasteiger partial charge in [-0.15, -0.1) is 0 Å². The van der Waals surface area contributed by atoms with Crippen LogP contribution in [0.15, 0.2) is 22.7 Å². The number of benzene rings is 1. The summed E-state index contributed by atoms with van der Waals surface area (Å²) in [6, 6.07) is 4.55. The lowest BCUT2D eigenvalue weighted by Crippen LogP contribution is -2.41. The number of hydrogen-bond acceptors (Lipinski definition) is 3. The monoisotopic (exact) mass is 297 g/mol. The fourth-order valence-electron chi connectivity index (χ4n) is 1.96. The minimum Gasteiger partial charge on any atom is -0.394 e. The van der Waals surface area contributed by atoms with E-state index in [4.69, 9.17) is 0 Å². The van der Waals surface area contributed by atoms with Crippen molar-refractivity contribution in [2.24, 2.45) is 0 Å². The number of aliphatic hydroxyl groups is 1. The van der Waals surface area contributed by atoms with Crippen LogP contribution >= 0.6 is 15.9 Å². The molecular formula is C12H12BrNO3. The Labute approximate surface area is 107 Å². The Hall–Kier alpha value is -1.20. The molecule has 1 aliphatic rings. The average molecular weight is 298 g/mol. The van der Waals surface area contributed by atoms with E-state index in [1.165, 1.54) is 0 Å². The smallest absolute Gasteiger partial charge is 0.261 e. The Morgan fingerprint density at radius 1 is 1.29 bits per heavy atom. The summed E-state index contributed by atoms with van der Waals surface area (Å²) in [6.45, 7) is 1.63. The number of hydrogen-bond donors (Lipinski definition) is 1. The number of rotatable bonds is 3. The standard InChI is InChI=1S/C12H12BrNO3/c1-2-8(6-15)14-11(16)9-4-3-7(13)5-10(9)12(14)17/h3-5,8,15H,2,6H2,1H3/t8-/m0/s1. The van der Waals surface area contributed by atoms with Gasteiger partial charge in [-0.3, -0.25) is 14.5 Å². The van der Waals surface area contributed by atoms with Crippen molar-refractivity contribution in [3.05, 3.63) is 33.8 Å². The van der Waals surface area contributed by atoms with Crippen molar-refractivity contribution in [1.82, 2.24) is 4.90 Å². The summed E-state index contributed by atoms with van der Waals surface area (Å²) >= 11 is 3.27. The van der Waals surface area contributed by atoms with Gasteiger partial charge in [0, 0.05) is 4.47 Å². The van der Waals surface area contributed by atoms with E-state index in [1.54, 1.807) is 18.2 Å². The molecule has 0 saturated heterocycles. The zero-order valence-electron chi connectivity index (χ0n) is 9.31. The van der Waals surface area contributed by atoms with Gasteiger partial charge >= 0.3 is 0 Å². The van der Waals surface area contributed by atoms with Crippen molar-refractivity contribution in [3.63, 3.8) is 0 Å². The maximum Gasteiger partial charge on any atom is 0.261 e. The molecule has 1 heterocycles. The largest absolute Gasteiger partial charge is 0.394 e. The third-order valence-electron chi connectivity index (χ3n) is 2.93. The molecule has 2 amide bonds. The molecule has 1 aromatic carbocycles. The van der Waals surface area contributed by atoms with Gasteiger partial charge in [0.15, 0.2) is 0 Å². The van der Waals surface area contributed by atoms with Gasteiger partial charge in [-0.2, -0.15) is 0 Å². The zero-order chi connectivity index (χ0) is 12.6. The Morgan fingerprint density at radius 2 is 1.94 bits per heavy atom. The molecule has 0 aliphatic carbocycles. The van der Waals surface area contributed by atoms with E-state index in [0.717, 1.165) is 9.37 Å². The van der Waals surface area contributed by atoms with E-state index in [1.807, 2.05) is 6.92 Å². The summed E-state index contributed by atoms with van der Waals surface area (Å²) in [5, 5.41) is 9.20. The molecule has 0 unspecified atom stereocenters. The molecule has 0 radical (unpaired) electrons. The van der Waals surface area contributed by atoms with Gasteiger partial charge in [-0.25, -0.2) is 0 Å². The Morgan fingerprint density at radius 3 is 2.53 bits per heavy atom. The summed E-state index contributed by atoms with van der Waals surface area (Å²) in [4.78, 5) is 25.3. The Balaban J connectivity index is 2.45. The number of nitrogens with zero attached hydrogens (tertiary/aromatic N) is 1. The second kappa shape index (κ2) is 4.58. The van der Waals surface area contributed by atoms with Crippen molar-refractivity contribution in [2.75, 3.05) is 6.61 Å². The van der Waals surface area contributed by atoms with Gasteiger partial charge in [0.1, 0.15) is 0 Å². The van der Waals surface area contributed by atoms with Gasteiger partial charge in [0.05, 0.1) is 23.8 Å². The maximum atomic E-state index is 12.1. The normalized spacial score (nSPS) is 16.3. The topological polar surface area (TPSA) is 57.6 Å². The summed E-state index contributed by atoms with van der Waals surface area (Å²) in [6.07, 6.45) is 0.545. The van der Waals surface area contributed by atoms with Gasteiger partial charge in [0.25, 0.3) is 11.8 Å². The Bertz CT molecular complexity index is 483. The number of amides is 2. The molecule has 0 saturated carbocycles. The van der Waals surface area contributed by atoms with Crippen LogP contribution in [0.2, 0.25) is 0 Å². The van der Waals surface area contributed by atoms with E-state index >= 15 is 0 Å². The highest BCUT2D eigenvalue weighted by Crippen LogP contribution is 2.28. The fourth-order valence-corrected chi connectivity index (χ4v) is 2.32. The van der Waals surface area contributed by atoms with Gasteiger partial charge < -0.3 is 5.11 Å². The molecule has 0 fully saturated rings. The van der Waals surface area contributed by atoms with Crippen LogP contribution in [0.25, 0.3) is 0 Å². The second-order valence-corrected chi connectivity index (χ2v) is 4.83. The molecule has 0 bridgehead atoms. The summed E-state index contributed by atoms with van der Waals surface area (Å²) in [7, 11) is 0. The molecule has 0 aromatic heterocycles. The van der Waals surface area contributed by atoms with Gasteiger partial charge in [0.2, 0.25) is 0 Å². The summed E-state index contributed by atoms with van der Waals surface area (Å²) < 4.78 is 0.760. The van der Waals surface area contributed by atoms with Crippen LogP contribution in [-0.4, -0.2) is 34.5 Å². The molecule has 90 valence electrons. The number of fused-ring (bicyclic) bond motifs is 1. The van der Waals surface area contributed by atoms with Crippen LogP contribution in [0.4, 0.5) is 0 Å². The molecule has 1 aromatic rings. The first-order chi connectivity index (χ1) is 8.10. The van der Waals surface area contributed by atoms with Crippen molar-refractivity contribution in [3.8, 4) is 0 Å². The molecule has 1 atom stereocenters. The van der Waals surface area contributed by atoms with Crippen molar-refractivity contribution >= 4 is 27.7 Å². The third kappa shape index (κ3) is 1.89. The third-order valence-corrected chi connectivity index (χ3v) is 3.42. The van der Waals surface area contributed by atoms with Crippen LogP contribution in [-0.2, 0) is 0 Å². The molecule has 1 N–H and O–H groups in total. The first-order valence-corrected chi connectivity index (χ1v) is 6.17. The molecule has 2 rings (SSSR count). The highest BCUT2D eigenvalue weighted by molar-refractivity contribution is 9.10. The number of carbonyl (C=O) groups excluding carboxylic acids is 2. The van der Waals surface area contributed by atoms with E-state index in [9.17, 15) is 14.7 Å². The van der Waals surface area contributed by atoms with Crippen molar-refractivity contribution < 1.29 is 14.7 Å². The molecule has 0 spiro atoms. The van der Waals surface area contributed by atoms with E-state index in [2.05, 4.69) is 15.9 Å². The SMILES string of the molecule is CC[C@@H](CO)N1C(=O)c2ccc(Br)cc2C1=O. The minimum absolute atomic E-state index is 0.205. The first kappa shape index (κ1) is 12.3. The van der Waals surface area contributed by atoms with Gasteiger partial charge in [-0.05, 0) is 24.6 Å². The lowest BCUT2D eigenvalue weighted by molar-refractivity contribution is 0.0511. The average Bonchev–Trinajstić information content (AvgIpc) is 2.56. The lowest BCUT2D eigenvalue weighted by atomic mass is 10.1. The summed E-state index contributed by atoms with van der Waals surface area (Å²) in [5.74, 6) is -0.648. The quantitative estimate of drug-likeness (QED) is 0.866. The van der Waals surface area contributed by atoms with E-state index in [0.29, 0.717) is 17.5 Å². The molecular weight excluding hydrogens is 286 g/mol. The second-order valence-electron chi connectivity index (χ2n) is 3.91. The van der Waals surface area contributed by atoms with E-state index in [-0.39, 0.29) is 18.4 Å². The maximum absolute atomic E-state index is 12.1. The van der Waals surface area contributed by atoms with Crippen LogP contribution < -0.4 is 0 Å². The Kier molecular flexibility index (Phi) is 3.31. The molecule has 4 nitrogen and oxygen atoms in total. The van der Waals surface area contributed by atoms with Gasteiger partial charge in [-0.1, -0.05) is 22.9 Å². The predicted octanol–water partition coefficient (Wildman–Crippen LogP) is 1.82. The minimum atomic E-state index is -0.443. The van der Waals surface area contributed by atoms with Crippen LogP contribution in [0, 0.1) is 0 Å². The number of aliphatic hydroxyl groups excluding tert-OH is 1. The molecule has 1 aliphatic heterocycles. The number of imide groups is 1. The number of carbonyl (C=O) groups is 2. The highest BCUT2D eigenvalue weighted by atomic mass is 79.9. The highest BCUT2D eigenvalue weighted by Gasteiger charge is 2.39. The first-order valence-electron chi connectivity index (χ1n) is 5.38.